The van der Waals surface area contributed by atoms with Crippen LogP contribution >= 0.6 is 0 Å². The summed E-state index contributed by atoms with van der Waals surface area (Å²) < 4.78 is 33.4. The summed E-state index contributed by atoms with van der Waals surface area (Å²) in [5.74, 6) is -2.16. The van der Waals surface area contributed by atoms with Crippen molar-refractivity contribution in [3.63, 3.8) is 0 Å². The first kappa shape index (κ1) is 40.1. The van der Waals surface area contributed by atoms with Crippen LogP contribution in [-0.2, 0) is 19.7 Å². The van der Waals surface area contributed by atoms with Crippen LogP contribution in [0.1, 0.15) is 12.5 Å². The van der Waals surface area contributed by atoms with Crippen molar-refractivity contribution in [3.8, 4) is 11.1 Å². The van der Waals surface area contributed by atoms with E-state index >= 15 is 0 Å². The number of Topliss-reactive ketones (excluding diaryl/α,β-unsaturated/α-hetero) is 1. The summed E-state index contributed by atoms with van der Waals surface area (Å²) in [5.41, 5.74) is 20.3. The molecule has 0 aliphatic heterocycles. The number of nitrogens with one attached hydrogen (secondary N) is 1. The molecule has 0 fully saturated rings. The van der Waals surface area contributed by atoms with Gasteiger partial charge in [0.05, 0.1) is 45.0 Å². The van der Waals surface area contributed by atoms with Gasteiger partial charge in [0.1, 0.15) is 21.5 Å². The zero-order valence-corrected chi connectivity index (χ0v) is 32.2. The van der Waals surface area contributed by atoms with Crippen molar-refractivity contribution >= 4 is 67.4 Å². The van der Waals surface area contributed by atoms with Crippen LogP contribution in [0.25, 0.3) is 11.1 Å². The molecule has 0 atom stereocenters. The molecule has 0 bridgehead atoms. The second kappa shape index (κ2) is 17.1. The summed E-state index contributed by atoms with van der Waals surface area (Å²) in [6, 6.07) is 21.2. The number of nitrogen functional groups attached to an aromatic ring is 2. The second-order valence-electron chi connectivity index (χ2n) is 10.5. The number of carboxylic acids is 1. The molecule has 0 saturated heterocycles. The molecule has 0 amide bonds. The van der Waals surface area contributed by atoms with Gasteiger partial charge in [0, 0.05) is 5.57 Å². The van der Waals surface area contributed by atoms with Gasteiger partial charge < -0.3 is 25.9 Å². The number of nitrogens with two attached hydrogens (primary N) is 2. The Morgan fingerprint density at radius 1 is 0.760 bits per heavy atom. The first-order chi connectivity index (χ1) is 22.8. The van der Waals surface area contributed by atoms with Crippen molar-refractivity contribution in [1.82, 2.24) is 0 Å². The molecular formula is C33H26N8Na2O6S. The Labute approximate surface area is 331 Å². The zero-order valence-electron chi connectivity index (χ0n) is 27.4. The number of anilines is 3. The molecule has 0 spiro atoms. The number of carbonyl (C=O) groups excluding carboxylic acids is 2. The van der Waals surface area contributed by atoms with E-state index in [-0.39, 0.29) is 92.4 Å². The number of rotatable bonds is 9. The summed E-state index contributed by atoms with van der Waals surface area (Å²) in [4.78, 5) is 22.8. The molecule has 1 aliphatic carbocycles. The SMILES string of the molecule is CC1=C/C(=N/Nc2ccc(-c3ccc(N=Nc4c(N)c(C)cc(N=Nc5ccc(S(=O)(=O)[O-])cc5)c4N)cc3)cc2)C=C(C(=O)[O-])C1=O.[Na+].[Na+]. The van der Waals surface area contributed by atoms with Gasteiger partial charge in [-0.3, -0.25) is 10.2 Å². The minimum atomic E-state index is -4.58. The molecule has 4 aromatic rings. The summed E-state index contributed by atoms with van der Waals surface area (Å²) >= 11 is 0. The minimum absolute atomic E-state index is 0. The average Bonchev–Trinajstić information content (AvgIpc) is 3.06. The van der Waals surface area contributed by atoms with Crippen molar-refractivity contribution in [2.45, 2.75) is 18.7 Å². The maximum absolute atomic E-state index is 11.9. The molecule has 0 saturated carbocycles. The standard InChI is InChI=1S/C33H28N8O6S.2Na/c1-18-16-28(40-37-24-11-13-26(14-12-24)48(45,46)47)30(35)31(29(18)34)41-38-23-9-5-21(6-10-23)20-3-7-22(8-4-20)36-39-25-15-19(2)32(42)27(17-25)33(43)44;;/h3-17,36H,34-35H2,1-2H3,(H,43,44)(H,45,46,47);;/q;2*+1/p-2/b39-25-,40-37?,41-38?;;. The predicted molar refractivity (Wildman–Crippen MR) is 178 cm³/mol. The van der Waals surface area contributed by atoms with Crippen LogP contribution in [0.5, 0.6) is 0 Å². The number of nitrogens with zero attached hydrogens (tertiary/aromatic N) is 5. The van der Waals surface area contributed by atoms with Gasteiger partial charge in [-0.25, -0.2) is 8.42 Å². The molecule has 50 heavy (non-hydrogen) atoms. The van der Waals surface area contributed by atoms with Crippen LogP contribution in [0, 0.1) is 6.92 Å². The van der Waals surface area contributed by atoms with Crippen molar-refractivity contribution in [1.29, 1.82) is 0 Å². The summed E-state index contributed by atoms with van der Waals surface area (Å²) in [5, 5.41) is 32.2. The van der Waals surface area contributed by atoms with Gasteiger partial charge in [-0.1, -0.05) is 24.3 Å². The number of carboxylic acid groups (broad SMARTS) is 1. The van der Waals surface area contributed by atoms with Crippen LogP contribution < -0.4 is 81.1 Å². The van der Waals surface area contributed by atoms with Crippen molar-refractivity contribution < 1.29 is 86.8 Å². The molecule has 0 heterocycles. The van der Waals surface area contributed by atoms with E-state index in [9.17, 15) is 27.7 Å². The minimum Gasteiger partial charge on any atom is -0.744 e. The number of aliphatic carboxylic acids is 1. The predicted octanol–water partition coefficient (Wildman–Crippen LogP) is -0.457. The van der Waals surface area contributed by atoms with Gasteiger partial charge in [0.2, 0.25) is 0 Å². The first-order valence-electron chi connectivity index (χ1n) is 14.1. The van der Waals surface area contributed by atoms with Gasteiger partial charge in [-0.2, -0.15) is 15.3 Å². The maximum Gasteiger partial charge on any atom is 1.00 e. The van der Waals surface area contributed by atoms with Gasteiger partial charge in [0.15, 0.2) is 5.78 Å². The molecule has 242 valence electrons. The van der Waals surface area contributed by atoms with Crippen LogP contribution in [-0.4, -0.2) is 30.4 Å². The average molecular weight is 709 g/mol. The smallest absolute Gasteiger partial charge is 0.744 e. The first-order valence-corrected chi connectivity index (χ1v) is 15.5. The second-order valence-corrected chi connectivity index (χ2v) is 11.9. The van der Waals surface area contributed by atoms with Crippen LogP contribution in [0.2, 0.25) is 0 Å². The Hall–Kier alpha value is -4.32. The molecule has 14 nitrogen and oxygen atoms in total. The van der Waals surface area contributed by atoms with E-state index < -0.39 is 27.4 Å². The fraction of sp³-hybridized carbons (Fsp3) is 0.0606. The molecule has 1 aliphatic rings. The summed E-state index contributed by atoms with van der Waals surface area (Å²) in [6.07, 6.45) is 2.65. The number of allylic oxidation sites excluding steroid dienone is 3. The van der Waals surface area contributed by atoms with Crippen LogP contribution in [0.4, 0.5) is 39.8 Å². The Bertz CT molecular complexity index is 2200. The quantitative estimate of drug-likeness (QED) is 0.0387. The summed E-state index contributed by atoms with van der Waals surface area (Å²) in [7, 11) is -4.58. The van der Waals surface area contributed by atoms with Gasteiger partial charge in [0.25, 0.3) is 0 Å². The molecule has 5 N–H and O–H groups in total. The van der Waals surface area contributed by atoms with Crippen LogP contribution in [0.15, 0.2) is 133 Å². The molecule has 17 heteroatoms. The normalized spacial score (nSPS) is 13.8. The Kier molecular flexibility index (Phi) is 13.7. The summed E-state index contributed by atoms with van der Waals surface area (Å²) in [6.45, 7) is 3.26. The third-order valence-corrected chi connectivity index (χ3v) is 7.96. The number of hydrogen-bond acceptors (Lipinski definition) is 14. The number of carbonyl (C=O) groups is 2. The van der Waals surface area contributed by atoms with Gasteiger partial charge >= 0.3 is 59.1 Å². The molecular weight excluding hydrogens is 682 g/mol. The van der Waals surface area contributed by atoms with Crippen molar-refractivity contribution in [2.24, 2.45) is 25.6 Å². The van der Waals surface area contributed by atoms with Crippen LogP contribution in [0.3, 0.4) is 0 Å². The number of benzene rings is 4. The van der Waals surface area contributed by atoms with E-state index in [1.54, 1.807) is 37.3 Å². The fourth-order valence-corrected chi connectivity index (χ4v) is 4.93. The molecule has 4 aromatic carbocycles. The van der Waals surface area contributed by atoms with E-state index in [0.717, 1.165) is 29.3 Å². The van der Waals surface area contributed by atoms with E-state index in [1.165, 1.54) is 25.1 Å². The van der Waals surface area contributed by atoms with Gasteiger partial charge in [-0.15, -0.1) is 10.2 Å². The van der Waals surface area contributed by atoms with Gasteiger partial charge in [-0.05, 0) is 103 Å². The number of hydrazone groups is 1. The molecule has 0 aromatic heterocycles. The number of ketones is 1. The Morgan fingerprint density at radius 3 is 1.86 bits per heavy atom. The number of aryl methyl sites for hydroxylation is 1. The zero-order chi connectivity index (χ0) is 34.6. The van der Waals surface area contributed by atoms with E-state index in [4.69, 9.17) is 11.5 Å². The number of azo groups is 2. The third-order valence-electron chi connectivity index (χ3n) is 7.11. The van der Waals surface area contributed by atoms with E-state index in [0.29, 0.717) is 28.3 Å². The third kappa shape index (κ3) is 9.68. The molecule has 0 radical (unpaired) electrons. The maximum atomic E-state index is 11.9. The topological polar surface area (TPSA) is 240 Å². The monoisotopic (exact) mass is 708 g/mol. The van der Waals surface area contributed by atoms with Crippen molar-refractivity contribution in [2.75, 3.05) is 16.9 Å². The molecule has 5 rings (SSSR count). The number of hydrogen-bond donors (Lipinski definition) is 3. The molecule has 0 unspecified atom stereocenters. The van der Waals surface area contributed by atoms with E-state index in [1.807, 2.05) is 24.3 Å². The Morgan fingerprint density at radius 2 is 1.30 bits per heavy atom. The van der Waals surface area contributed by atoms with Crippen molar-refractivity contribution in [3.05, 3.63) is 108 Å². The van der Waals surface area contributed by atoms with E-state index in [2.05, 4.69) is 31.0 Å². The Balaban J connectivity index is 0.00000338. The largest absolute Gasteiger partial charge is 1.00 e. The fourth-order valence-electron chi connectivity index (χ4n) is 4.46.